The molecule has 0 unspecified atom stereocenters. The average Bonchev–Trinajstić information content (AvgIpc) is 3.10. The van der Waals surface area contributed by atoms with E-state index >= 15 is 0 Å². The summed E-state index contributed by atoms with van der Waals surface area (Å²) in [6, 6.07) is 12.9. The van der Waals surface area contributed by atoms with Crippen LogP contribution in [0.1, 0.15) is 35.1 Å². The van der Waals surface area contributed by atoms with Crippen LogP contribution in [0.5, 0.6) is 0 Å². The third-order valence-electron chi connectivity index (χ3n) is 9.31. The van der Waals surface area contributed by atoms with Crippen LogP contribution in [0.3, 0.4) is 0 Å². The van der Waals surface area contributed by atoms with E-state index in [9.17, 15) is 40.2 Å². The van der Waals surface area contributed by atoms with Crippen molar-refractivity contribution in [1.82, 2.24) is 10.6 Å². The van der Waals surface area contributed by atoms with Gasteiger partial charge in [0.15, 0.2) is 0 Å². The Morgan fingerprint density at radius 1 is 0.638 bits per heavy atom. The lowest BCUT2D eigenvalue weighted by molar-refractivity contribution is -0.178. The highest BCUT2D eigenvalue weighted by Crippen LogP contribution is 2.37. The second-order valence-electron chi connectivity index (χ2n) is 12.3. The van der Waals surface area contributed by atoms with Crippen LogP contribution in [0.2, 0.25) is 0 Å². The number of aliphatic hydroxyl groups is 6. The highest BCUT2D eigenvalue weighted by molar-refractivity contribution is 8.00. The molecule has 10 atom stereocenters. The standard InChI is InChI=1S/C34H40N2O10S/c37-15-23-27(39)25(35-31(43)21-11-9-17-5-1-3-7-19(17)13-21)29(41)33(45-23)47-34-30(42)26(28(40)24(16-38)46-34)36-32(44)22-12-10-18-6-2-4-8-20(18)14-22/h1-8,13-14,23-30,33-34,37-42H,9-12,15-16H2,(H,35,43)(H,36,44)/t23-,24-,25+,26+,27+,28+,29-,30-,33+,34+/m1/s1. The zero-order valence-corrected chi connectivity index (χ0v) is 26.3. The van der Waals surface area contributed by atoms with Crippen LogP contribution in [0, 0.1) is 0 Å². The van der Waals surface area contributed by atoms with Gasteiger partial charge in [0.05, 0.1) is 25.3 Å². The molecule has 2 aliphatic heterocycles. The number of aryl methyl sites for hydroxylation is 2. The van der Waals surface area contributed by atoms with Crippen LogP contribution in [0.4, 0.5) is 0 Å². The molecule has 47 heavy (non-hydrogen) atoms. The Balaban J connectivity index is 1.16. The number of aliphatic hydroxyl groups excluding tert-OH is 6. The van der Waals surface area contributed by atoms with Gasteiger partial charge < -0.3 is 50.7 Å². The first-order valence-electron chi connectivity index (χ1n) is 15.8. The number of benzene rings is 2. The van der Waals surface area contributed by atoms with E-state index in [-0.39, 0.29) is 0 Å². The fourth-order valence-electron chi connectivity index (χ4n) is 6.58. The summed E-state index contributed by atoms with van der Waals surface area (Å²) >= 11 is 0.794. The highest BCUT2D eigenvalue weighted by atomic mass is 32.2. The number of rotatable bonds is 8. The molecule has 2 aromatic rings. The predicted molar refractivity (Wildman–Crippen MR) is 172 cm³/mol. The van der Waals surface area contributed by atoms with Crippen molar-refractivity contribution in [1.29, 1.82) is 0 Å². The first-order chi connectivity index (χ1) is 22.7. The molecule has 0 aromatic heterocycles. The van der Waals surface area contributed by atoms with E-state index in [1.54, 1.807) is 12.2 Å². The Kier molecular flexibility index (Phi) is 10.5. The maximum atomic E-state index is 13.3. The van der Waals surface area contributed by atoms with E-state index in [1.807, 2.05) is 48.5 Å². The molecule has 4 aliphatic rings. The van der Waals surface area contributed by atoms with Gasteiger partial charge in [0.1, 0.15) is 47.5 Å². The molecule has 2 aliphatic carbocycles. The van der Waals surface area contributed by atoms with Crippen LogP contribution in [0.25, 0.3) is 12.2 Å². The van der Waals surface area contributed by atoms with Gasteiger partial charge in [-0.2, -0.15) is 0 Å². The minimum atomic E-state index is -1.52. The molecule has 8 N–H and O–H groups in total. The largest absolute Gasteiger partial charge is 0.394 e. The number of ether oxygens (including phenoxy) is 2. The zero-order chi connectivity index (χ0) is 33.2. The van der Waals surface area contributed by atoms with E-state index in [2.05, 4.69) is 10.6 Å². The second-order valence-corrected chi connectivity index (χ2v) is 13.5. The molecule has 0 spiro atoms. The molecule has 2 amide bonds. The number of hydrogen-bond acceptors (Lipinski definition) is 11. The normalized spacial score (nSPS) is 33.5. The molecule has 0 radical (unpaired) electrons. The summed E-state index contributed by atoms with van der Waals surface area (Å²) in [5.41, 5.74) is 2.53. The topological polar surface area (TPSA) is 198 Å². The molecule has 2 heterocycles. The van der Waals surface area contributed by atoms with Gasteiger partial charge in [-0.25, -0.2) is 0 Å². The minimum Gasteiger partial charge on any atom is -0.394 e. The van der Waals surface area contributed by atoms with Gasteiger partial charge in [-0.1, -0.05) is 60.3 Å². The summed E-state index contributed by atoms with van der Waals surface area (Å²) in [5, 5.41) is 69.9. The van der Waals surface area contributed by atoms with Gasteiger partial charge in [-0.3, -0.25) is 9.59 Å². The molecule has 252 valence electrons. The van der Waals surface area contributed by atoms with Gasteiger partial charge in [0, 0.05) is 11.1 Å². The van der Waals surface area contributed by atoms with Crippen molar-refractivity contribution >= 4 is 35.7 Å². The van der Waals surface area contributed by atoms with E-state index in [1.165, 1.54) is 0 Å². The van der Waals surface area contributed by atoms with Crippen LogP contribution in [-0.4, -0.2) is 115 Å². The highest BCUT2D eigenvalue weighted by Gasteiger charge is 2.51. The zero-order valence-electron chi connectivity index (χ0n) is 25.5. The van der Waals surface area contributed by atoms with Crippen molar-refractivity contribution in [3.63, 3.8) is 0 Å². The summed E-state index contributed by atoms with van der Waals surface area (Å²) < 4.78 is 11.6. The van der Waals surface area contributed by atoms with Gasteiger partial charge >= 0.3 is 0 Å². The smallest absolute Gasteiger partial charge is 0.247 e. The Morgan fingerprint density at radius 2 is 1.04 bits per heavy atom. The third-order valence-corrected chi connectivity index (χ3v) is 10.6. The number of amides is 2. The number of nitrogens with one attached hydrogen (secondary N) is 2. The van der Waals surface area contributed by atoms with E-state index in [4.69, 9.17) is 9.47 Å². The van der Waals surface area contributed by atoms with E-state index in [0.29, 0.717) is 36.8 Å². The molecule has 2 aromatic carbocycles. The maximum Gasteiger partial charge on any atom is 0.247 e. The molecule has 6 rings (SSSR count). The van der Waals surface area contributed by atoms with Crippen molar-refractivity contribution in [2.45, 2.75) is 85.3 Å². The van der Waals surface area contributed by atoms with Gasteiger partial charge in [0.25, 0.3) is 0 Å². The third kappa shape index (κ3) is 7.05. The lowest BCUT2D eigenvalue weighted by Gasteiger charge is -2.46. The molecule has 2 fully saturated rings. The maximum absolute atomic E-state index is 13.3. The summed E-state index contributed by atoms with van der Waals surface area (Å²) in [6.07, 6.45) is -2.58. The van der Waals surface area contributed by atoms with Crippen LogP contribution in [-0.2, 0) is 31.9 Å². The number of fused-ring (bicyclic) bond motifs is 2. The summed E-state index contributed by atoms with van der Waals surface area (Å²) in [6.45, 7) is -1.26. The Bertz CT molecular complexity index is 1420. The Labute approximate surface area is 276 Å². The SMILES string of the molecule is O=C(N[C@H]1[C@@H](O)[C@@H](CO)O[C@@H](S[C@@H]2O[C@H](CO)[C@H](O)[C@H](NC(=O)C3=Cc4ccccc4CC3)[C@H]2O)[C@@H]1O)C1=Cc2ccccc2CC1. The van der Waals surface area contributed by atoms with Crippen molar-refractivity contribution < 1.29 is 49.7 Å². The molecule has 0 saturated carbocycles. The molecule has 13 heteroatoms. The molecular weight excluding hydrogens is 628 g/mol. The van der Waals surface area contributed by atoms with Gasteiger partial charge in [0.2, 0.25) is 11.8 Å². The number of carbonyl (C=O) groups excluding carboxylic acids is 2. The summed E-state index contributed by atoms with van der Waals surface area (Å²) in [5.74, 6) is -0.963. The van der Waals surface area contributed by atoms with Gasteiger partial charge in [-0.05, 0) is 60.1 Å². The van der Waals surface area contributed by atoms with Crippen molar-refractivity contribution in [3.8, 4) is 0 Å². The van der Waals surface area contributed by atoms with Gasteiger partial charge in [-0.15, -0.1) is 0 Å². The fourth-order valence-corrected chi connectivity index (χ4v) is 7.92. The first kappa shape index (κ1) is 33.8. The minimum absolute atomic E-state index is 0.462. The quantitative estimate of drug-likeness (QED) is 0.183. The monoisotopic (exact) mass is 668 g/mol. The van der Waals surface area contributed by atoms with Crippen LogP contribution >= 0.6 is 11.8 Å². The second kappa shape index (κ2) is 14.6. The van der Waals surface area contributed by atoms with Crippen molar-refractivity contribution in [2.75, 3.05) is 13.2 Å². The summed E-state index contributed by atoms with van der Waals surface area (Å²) in [7, 11) is 0. The van der Waals surface area contributed by atoms with Crippen LogP contribution in [0.15, 0.2) is 59.7 Å². The molecular formula is C34H40N2O10S. The Morgan fingerprint density at radius 3 is 1.45 bits per heavy atom. The molecule has 0 bridgehead atoms. The summed E-state index contributed by atoms with van der Waals surface area (Å²) in [4.78, 5) is 26.6. The van der Waals surface area contributed by atoms with Crippen LogP contribution < -0.4 is 10.6 Å². The first-order valence-corrected chi connectivity index (χ1v) is 16.7. The number of carbonyl (C=O) groups is 2. The van der Waals surface area contributed by atoms with E-state index < -0.39 is 84.6 Å². The predicted octanol–water partition coefficient (Wildman–Crippen LogP) is -0.373. The lowest BCUT2D eigenvalue weighted by Crippen LogP contribution is -2.66. The van der Waals surface area contributed by atoms with E-state index in [0.717, 1.165) is 34.0 Å². The Hall–Kier alpha value is -3.11. The number of hydrogen-bond donors (Lipinski definition) is 8. The average molecular weight is 669 g/mol. The lowest BCUT2D eigenvalue weighted by atomic mass is 9.91. The molecule has 12 nitrogen and oxygen atoms in total. The van der Waals surface area contributed by atoms with Crippen molar-refractivity contribution in [3.05, 3.63) is 81.9 Å². The fraction of sp³-hybridized carbons (Fsp3) is 0.471. The number of thioether (sulfide) groups is 1. The van der Waals surface area contributed by atoms with Crippen molar-refractivity contribution in [2.24, 2.45) is 0 Å². The molecule has 2 saturated heterocycles.